The van der Waals surface area contributed by atoms with Crippen LogP contribution in [-0.4, -0.2) is 19.7 Å². The molecule has 2 aromatic rings. The minimum atomic E-state index is -0.0947. The van der Waals surface area contributed by atoms with Crippen LogP contribution >= 0.6 is 12.2 Å². The Hall–Kier alpha value is -1.69. The van der Waals surface area contributed by atoms with Crippen LogP contribution in [0.15, 0.2) is 10.9 Å². The Labute approximate surface area is 103 Å². The minimum absolute atomic E-state index is 0.0947. The number of rotatable bonds is 1. The predicted octanol–water partition coefficient (Wildman–Crippen LogP) is 1.32. The summed E-state index contributed by atoms with van der Waals surface area (Å²) in [6, 6.07) is 1.94. The summed E-state index contributed by atoms with van der Waals surface area (Å²) in [6.07, 6.45) is 3.09. The molecule has 0 saturated heterocycles. The van der Waals surface area contributed by atoms with Crippen molar-refractivity contribution in [2.24, 2.45) is 7.05 Å². The van der Waals surface area contributed by atoms with E-state index in [-0.39, 0.29) is 5.56 Å². The van der Waals surface area contributed by atoms with Crippen LogP contribution in [0.1, 0.15) is 17.7 Å². The van der Waals surface area contributed by atoms with E-state index in [1.165, 1.54) is 5.56 Å². The summed E-state index contributed by atoms with van der Waals surface area (Å²) in [5.74, 6) is 0.589. The lowest BCUT2D eigenvalue weighted by Crippen LogP contribution is -2.13. The Balaban J connectivity index is 2.25. The van der Waals surface area contributed by atoms with Crippen LogP contribution in [-0.2, 0) is 19.9 Å². The zero-order chi connectivity index (χ0) is 12.0. The molecule has 1 aliphatic rings. The summed E-state index contributed by atoms with van der Waals surface area (Å²) in [6.45, 7) is 0. The number of aryl methyl sites for hydroxylation is 2. The van der Waals surface area contributed by atoms with E-state index in [1.807, 2.05) is 6.07 Å². The highest BCUT2D eigenvalue weighted by atomic mass is 32.1. The van der Waals surface area contributed by atoms with Crippen molar-refractivity contribution in [3.63, 3.8) is 0 Å². The number of aromatic amines is 2. The Morgan fingerprint density at radius 1 is 1.47 bits per heavy atom. The van der Waals surface area contributed by atoms with Gasteiger partial charge in [-0.05, 0) is 43.1 Å². The molecule has 0 bridgehead atoms. The zero-order valence-corrected chi connectivity index (χ0v) is 10.2. The number of fused-ring (bicyclic) bond motifs is 1. The molecule has 6 heteroatoms. The van der Waals surface area contributed by atoms with Gasteiger partial charge in [0.1, 0.15) is 0 Å². The molecule has 0 aliphatic heterocycles. The standard InChI is InChI=1S/C11H12N4OS/c1-15-9(13-14-11(15)17)7-5-6-3-2-4-8(6)12-10(7)16/h5H,2-4H2,1H3,(H,12,16)(H,14,17). The Bertz CT molecular complexity index is 694. The molecule has 2 heterocycles. The van der Waals surface area contributed by atoms with Crippen LogP contribution in [0, 0.1) is 4.77 Å². The fourth-order valence-electron chi connectivity index (χ4n) is 2.27. The molecular weight excluding hydrogens is 236 g/mol. The normalized spacial score (nSPS) is 13.9. The summed E-state index contributed by atoms with van der Waals surface area (Å²) in [5.41, 5.74) is 2.77. The van der Waals surface area contributed by atoms with Crippen molar-refractivity contribution < 1.29 is 0 Å². The van der Waals surface area contributed by atoms with Crippen molar-refractivity contribution in [3.05, 3.63) is 32.4 Å². The average Bonchev–Trinajstić information content (AvgIpc) is 2.86. The van der Waals surface area contributed by atoms with Gasteiger partial charge in [-0.3, -0.25) is 9.89 Å². The lowest BCUT2D eigenvalue weighted by Gasteiger charge is -2.03. The molecular formula is C11H12N4OS. The first-order valence-corrected chi connectivity index (χ1v) is 5.94. The van der Waals surface area contributed by atoms with Gasteiger partial charge in [0.2, 0.25) is 0 Å². The van der Waals surface area contributed by atoms with E-state index in [9.17, 15) is 4.79 Å². The molecule has 2 aromatic heterocycles. The van der Waals surface area contributed by atoms with Crippen LogP contribution < -0.4 is 5.56 Å². The number of hydrogen-bond donors (Lipinski definition) is 2. The molecule has 0 amide bonds. The molecule has 0 unspecified atom stereocenters. The first-order chi connectivity index (χ1) is 8.16. The molecule has 0 aromatic carbocycles. The quantitative estimate of drug-likeness (QED) is 0.748. The lowest BCUT2D eigenvalue weighted by atomic mass is 10.1. The van der Waals surface area contributed by atoms with E-state index in [0.29, 0.717) is 16.2 Å². The Morgan fingerprint density at radius 3 is 3.00 bits per heavy atom. The monoisotopic (exact) mass is 248 g/mol. The molecule has 3 rings (SSSR count). The smallest absolute Gasteiger partial charge is 0.259 e. The minimum Gasteiger partial charge on any atom is -0.325 e. The first-order valence-electron chi connectivity index (χ1n) is 5.53. The summed E-state index contributed by atoms with van der Waals surface area (Å²) in [4.78, 5) is 14.9. The van der Waals surface area contributed by atoms with Gasteiger partial charge < -0.3 is 9.55 Å². The van der Waals surface area contributed by atoms with Gasteiger partial charge in [-0.1, -0.05) is 0 Å². The van der Waals surface area contributed by atoms with E-state index < -0.39 is 0 Å². The topological polar surface area (TPSA) is 66.5 Å². The molecule has 17 heavy (non-hydrogen) atoms. The highest BCUT2D eigenvalue weighted by Gasteiger charge is 2.17. The third kappa shape index (κ3) is 1.56. The highest BCUT2D eigenvalue weighted by molar-refractivity contribution is 7.71. The second-order valence-corrected chi connectivity index (χ2v) is 4.67. The van der Waals surface area contributed by atoms with Gasteiger partial charge in [-0.15, -0.1) is 0 Å². The summed E-state index contributed by atoms with van der Waals surface area (Å²) in [5, 5.41) is 6.79. The van der Waals surface area contributed by atoms with Crippen molar-refractivity contribution >= 4 is 12.2 Å². The van der Waals surface area contributed by atoms with E-state index in [1.54, 1.807) is 11.6 Å². The number of nitrogens with zero attached hydrogens (tertiary/aromatic N) is 2. The van der Waals surface area contributed by atoms with E-state index in [4.69, 9.17) is 12.2 Å². The van der Waals surface area contributed by atoms with Crippen molar-refractivity contribution in [2.75, 3.05) is 0 Å². The fraction of sp³-hybridized carbons (Fsp3) is 0.364. The number of aromatic nitrogens is 4. The maximum absolute atomic E-state index is 12.0. The van der Waals surface area contributed by atoms with Crippen LogP contribution in [0.3, 0.4) is 0 Å². The van der Waals surface area contributed by atoms with Gasteiger partial charge in [-0.2, -0.15) is 5.10 Å². The average molecular weight is 248 g/mol. The second-order valence-electron chi connectivity index (χ2n) is 4.28. The van der Waals surface area contributed by atoms with Crippen molar-refractivity contribution in [1.29, 1.82) is 0 Å². The molecule has 0 fully saturated rings. The Kier molecular flexibility index (Phi) is 2.25. The summed E-state index contributed by atoms with van der Waals surface area (Å²) < 4.78 is 2.22. The first kappa shape index (κ1) is 10.5. The fourth-order valence-corrected chi connectivity index (χ4v) is 2.40. The molecule has 0 spiro atoms. The predicted molar refractivity (Wildman–Crippen MR) is 66.5 cm³/mol. The molecule has 2 N–H and O–H groups in total. The van der Waals surface area contributed by atoms with Crippen molar-refractivity contribution in [1.82, 2.24) is 19.7 Å². The van der Waals surface area contributed by atoms with Crippen molar-refractivity contribution in [3.8, 4) is 11.4 Å². The Morgan fingerprint density at radius 2 is 2.29 bits per heavy atom. The molecule has 0 atom stereocenters. The second kappa shape index (κ2) is 3.66. The van der Waals surface area contributed by atoms with Crippen molar-refractivity contribution in [2.45, 2.75) is 19.3 Å². The van der Waals surface area contributed by atoms with Crippen LogP contribution in [0.5, 0.6) is 0 Å². The molecule has 5 nitrogen and oxygen atoms in total. The van der Waals surface area contributed by atoms with Gasteiger partial charge in [-0.25, -0.2) is 0 Å². The van der Waals surface area contributed by atoms with Crippen LogP contribution in [0.2, 0.25) is 0 Å². The van der Waals surface area contributed by atoms with Gasteiger partial charge >= 0.3 is 0 Å². The summed E-state index contributed by atoms with van der Waals surface area (Å²) in [7, 11) is 1.80. The number of pyridine rings is 1. The zero-order valence-electron chi connectivity index (χ0n) is 9.41. The number of nitrogens with one attached hydrogen (secondary N) is 2. The maximum atomic E-state index is 12.0. The SMILES string of the molecule is Cn1c(-c2cc3c([nH]c2=O)CCC3)n[nH]c1=S. The van der Waals surface area contributed by atoms with Gasteiger partial charge in [0.25, 0.3) is 5.56 Å². The van der Waals surface area contributed by atoms with Gasteiger partial charge in [0.05, 0.1) is 5.56 Å². The maximum Gasteiger partial charge on any atom is 0.259 e. The highest BCUT2D eigenvalue weighted by Crippen LogP contribution is 2.22. The molecule has 0 saturated carbocycles. The third-order valence-corrected chi connectivity index (χ3v) is 3.57. The van der Waals surface area contributed by atoms with Gasteiger partial charge in [0.15, 0.2) is 10.6 Å². The van der Waals surface area contributed by atoms with E-state index in [0.717, 1.165) is 25.0 Å². The largest absolute Gasteiger partial charge is 0.325 e. The lowest BCUT2D eigenvalue weighted by molar-refractivity contribution is 0.894. The van der Waals surface area contributed by atoms with Crippen LogP contribution in [0.4, 0.5) is 0 Å². The van der Waals surface area contributed by atoms with E-state index >= 15 is 0 Å². The number of hydrogen-bond acceptors (Lipinski definition) is 3. The molecule has 88 valence electrons. The van der Waals surface area contributed by atoms with Gasteiger partial charge in [0, 0.05) is 12.7 Å². The number of H-pyrrole nitrogens is 2. The molecule has 1 aliphatic carbocycles. The van der Waals surface area contributed by atoms with Crippen LogP contribution in [0.25, 0.3) is 11.4 Å². The van der Waals surface area contributed by atoms with E-state index in [2.05, 4.69) is 15.2 Å². The molecule has 0 radical (unpaired) electrons. The summed E-state index contributed by atoms with van der Waals surface area (Å²) >= 11 is 5.05. The third-order valence-electron chi connectivity index (χ3n) is 3.21.